The number of aliphatic hydroxyl groups excluding tert-OH is 1. The summed E-state index contributed by atoms with van der Waals surface area (Å²) in [4.78, 5) is 2.07. The first-order valence-electron chi connectivity index (χ1n) is 5.66. The van der Waals surface area contributed by atoms with E-state index < -0.39 is 0 Å². The van der Waals surface area contributed by atoms with Gasteiger partial charge < -0.3 is 14.4 Å². The Kier molecular flexibility index (Phi) is 3.49. The molecule has 0 spiro atoms. The predicted octanol–water partition coefficient (Wildman–Crippen LogP) is 2.72. The van der Waals surface area contributed by atoms with Crippen molar-refractivity contribution >= 4 is 5.69 Å². The SMILES string of the molecule is Cc1ccc(CN(C)c2ccccc2CO)o1. The molecule has 2 rings (SSSR count). The van der Waals surface area contributed by atoms with Gasteiger partial charge in [0.05, 0.1) is 13.2 Å². The van der Waals surface area contributed by atoms with Gasteiger partial charge >= 0.3 is 0 Å². The van der Waals surface area contributed by atoms with Crippen molar-refractivity contribution in [1.29, 1.82) is 0 Å². The quantitative estimate of drug-likeness (QED) is 0.879. The molecule has 0 unspecified atom stereocenters. The van der Waals surface area contributed by atoms with Crippen LogP contribution in [0.5, 0.6) is 0 Å². The third-order valence-corrected chi connectivity index (χ3v) is 2.76. The highest BCUT2D eigenvalue weighted by Gasteiger charge is 2.08. The summed E-state index contributed by atoms with van der Waals surface area (Å²) < 4.78 is 5.54. The number of hydrogen-bond donors (Lipinski definition) is 1. The van der Waals surface area contributed by atoms with Gasteiger partial charge in [-0.05, 0) is 25.1 Å². The minimum absolute atomic E-state index is 0.0533. The molecule has 0 saturated carbocycles. The number of furan rings is 1. The lowest BCUT2D eigenvalue weighted by Gasteiger charge is -2.20. The van der Waals surface area contributed by atoms with Crippen LogP contribution in [-0.4, -0.2) is 12.2 Å². The van der Waals surface area contributed by atoms with Gasteiger partial charge in [-0.2, -0.15) is 0 Å². The molecule has 0 aliphatic heterocycles. The van der Waals surface area contributed by atoms with Gasteiger partial charge in [-0.25, -0.2) is 0 Å². The summed E-state index contributed by atoms with van der Waals surface area (Å²) >= 11 is 0. The third kappa shape index (κ3) is 2.68. The molecule has 0 atom stereocenters. The number of para-hydroxylation sites is 1. The molecule has 90 valence electrons. The molecule has 3 heteroatoms. The van der Waals surface area contributed by atoms with Gasteiger partial charge in [0.1, 0.15) is 11.5 Å². The lowest BCUT2D eigenvalue weighted by molar-refractivity contribution is 0.282. The topological polar surface area (TPSA) is 36.6 Å². The van der Waals surface area contributed by atoms with E-state index in [1.165, 1.54) is 0 Å². The second kappa shape index (κ2) is 5.06. The van der Waals surface area contributed by atoms with Gasteiger partial charge in [0, 0.05) is 18.3 Å². The Balaban J connectivity index is 2.16. The zero-order valence-corrected chi connectivity index (χ0v) is 10.2. The van der Waals surface area contributed by atoms with E-state index >= 15 is 0 Å². The maximum atomic E-state index is 9.29. The molecule has 3 nitrogen and oxygen atoms in total. The maximum Gasteiger partial charge on any atom is 0.123 e. The molecule has 0 aliphatic carbocycles. The van der Waals surface area contributed by atoms with Crippen LogP contribution in [0, 0.1) is 6.92 Å². The van der Waals surface area contributed by atoms with Crippen LogP contribution in [0.2, 0.25) is 0 Å². The Bertz CT molecular complexity index is 490. The van der Waals surface area contributed by atoms with E-state index in [1.54, 1.807) is 0 Å². The number of aryl methyl sites for hydroxylation is 1. The van der Waals surface area contributed by atoms with Gasteiger partial charge in [-0.1, -0.05) is 18.2 Å². The van der Waals surface area contributed by atoms with Crippen LogP contribution < -0.4 is 4.90 Å². The van der Waals surface area contributed by atoms with E-state index in [4.69, 9.17) is 4.42 Å². The molecule has 0 fully saturated rings. The first-order valence-corrected chi connectivity index (χ1v) is 5.66. The van der Waals surface area contributed by atoms with Crippen LogP contribution in [0.15, 0.2) is 40.8 Å². The number of benzene rings is 1. The van der Waals surface area contributed by atoms with E-state index in [2.05, 4.69) is 4.90 Å². The number of hydrogen-bond acceptors (Lipinski definition) is 3. The normalized spacial score (nSPS) is 10.5. The fourth-order valence-electron chi connectivity index (χ4n) is 1.91. The van der Waals surface area contributed by atoms with E-state index in [-0.39, 0.29) is 6.61 Å². The van der Waals surface area contributed by atoms with Gasteiger partial charge in [0.15, 0.2) is 0 Å². The Morgan fingerprint density at radius 3 is 2.59 bits per heavy atom. The van der Waals surface area contributed by atoms with Crippen LogP contribution in [-0.2, 0) is 13.2 Å². The Morgan fingerprint density at radius 1 is 1.18 bits per heavy atom. The lowest BCUT2D eigenvalue weighted by Crippen LogP contribution is -2.17. The van der Waals surface area contributed by atoms with Crippen LogP contribution in [0.3, 0.4) is 0 Å². The number of nitrogens with zero attached hydrogens (tertiary/aromatic N) is 1. The van der Waals surface area contributed by atoms with Crippen molar-refractivity contribution in [2.75, 3.05) is 11.9 Å². The van der Waals surface area contributed by atoms with Crippen molar-refractivity contribution in [2.45, 2.75) is 20.1 Å². The molecule has 1 heterocycles. The molecule has 1 N–H and O–H groups in total. The van der Waals surface area contributed by atoms with E-state index in [0.29, 0.717) is 6.54 Å². The summed E-state index contributed by atoms with van der Waals surface area (Å²) in [6.07, 6.45) is 0. The van der Waals surface area contributed by atoms with Crippen molar-refractivity contribution in [1.82, 2.24) is 0 Å². The summed E-state index contributed by atoms with van der Waals surface area (Å²) in [6.45, 7) is 2.69. The van der Waals surface area contributed by atoms with E-state index in [1.807, 2.05) is 50.4 Å². The summed E-state index contributed by atoms with van der Waals surface area (Å²) in [7, 11) is 1.99. The fourth-order valence-corrected chi connectivity index (χ4v) is 1.91. The molecule has 1 aromatic heterocycles. The second-order valence-corrected chi connectivity index (χ2v) is 4.16. The molecular formula is C14H17NO2. The Morgan fingerprint density at radius 2 is 1.94 bits per heavy atom. The molecule has 0 amide bonds. The maximum absolute atomic E-state index is 9.29. The van der Waals surface area contributed by atoms with Crippen LogP contribution in [0.25, 0.3) is 0 Å². The average molecular weight is 231 g/mol. The highest BCUT2D eigenvalue weighted by molar-refractivity contribution is 5.52. The molecular weight excluding hydrogens is 214 g/mol. The lowest BCUT2D eigenvalue weighted by atomic mass is 10.1. The smallest absolute Gasteiger partial charge is 0.123 e. The van der Waals surface area contributed by atoms with E-state index in [9.17, 15) is 5.11 Å². The van der Waals surface area contributed by atoms with Crippen LogP contribution >= 0.6 is 0 Å². The first-order chi connectivity index (χ1) is 8.20. The molecule has 2 aromatic rings. The van der Waals surface area contributed by atoms with Gasteiger partial charge in [0.25, 0.3) is 0 Å². The minimum atomic E-state index is 0.0533. The summed E-state index contributed by atoms with van der Waals surface area (Å²) in [6, 6.07) is 11.8. The van der Waals surface area contributed by atoms with Gasteiger partial charge in [-0.3, -0.25) is 0 Å². The van der Waals surface area contributed by atoms with Gasteiger partial charge in [-0.15, -0.1) is 0 Å². The monoisotopic (exact) mass is 231 g/mol. The van der Waals surface area contributed by atoms with Crippen molar-refractivity contribution < 1.29 is 9.52 Å². The summed E-state index contributed by atoms with van der Waals surface area (Å²) in [5, 5.41) is 9.29. The number of anilines is 1. The van der Waals surface area contributed by atoms with Crippen molar-refractivity contribution in [3.8, 4) is 0 Å². The molecule has 0 radical (unpaired) electrons. The Labute approximate surface area is 101 Å². The standard InChI is InChI=1S/C14H17NO2/c1-11-7-8-13(17-11)9-15(2)14-6-4-3-5-12(14)10-16/h3-8,16H,9-10H2,1-2H3. The van der Waals surface area contributed by atoms with Gasteiger partial charge in [0.2, 0.25) is 0 Å². The third-order valence-electron chi connectivity index (χ3n) is 2.76. The molecule has 1 aromatic carbocycles. The summed E-state index contributed by atoms with van der Waals surface area (Å²) in [5.41, 5.74) is 1.96. The molecule has 0 aliphatic rings. The van der Waals surface area contributed by atoms with Crippen LogP contribution in [0.4, 0.5) is 5.69 Å². The molecule has 17 heavy (non-hydrogen) atoms. The molecule has 0 saturated heterocycles. The van der Waals surface area contributed by atoms with Crippen molar-refractivity contribution in [3.63, 3.8) is 0 Å². The summed E-state index contributed by atoms with van der Waals surface area (Å²) in [5.74, 6) is 1.85. The highest BCUT2D eigenvalue weighted by Crippen LogP contribution is 2.21. The van der Waals surface area contributed by atoms with Crippen molar-refractivity contribution in [2.24, 2.45) is 0 Å². The average Bonchev–Trinajstić information content (AvgIpc) is 2.74. The zero-order chi connectivity index (χ0) is 12.3. The first kappa shape index (κ1) is 11.7. The highest BCUT2D eigenvalue weighted by atomic mass is 16.3. The minimum Gasteiger partial charge on any atom is -0.464 e. The van der Waals surface area contributed by atoms with Crippen molar-refractivity contribution in [3.05, 3.63) is 53.5 Å². The largest absolute Gasteiger partial charge is 0.464 e. The van der Waals surface area contributed by atoms with E-state index in [0.717, 1.165) is 22.8 Å². The Hall–Kier alpha value is -1.74. The van der Waals surface area contributed by atoms with Crippen LogP contribution in [0.1, 0.15) is 17.1 Å². The molecule has 0 bridgehead atoms. The number of aliphatic hydroxyl groups is 1. The fraction of sp³-hybridized carbons (Fsp3) is 0.286. The zero-order valence-electron chi connectivity index (χ0n) is 10.2. The predicted molar refractivity (Wildman–Crippen MR) is 67.9 cm³/mol. The number of rotatable bonds is 4. The second-order valence-electron chi connectivity index (χ2n) is 4.16.